The van der Waals surface area contributed by atoms with Gasteiger partial charge in [0, 0.05) is 33.5 Å². The van der Waals surface area contributed by atoms with Gasteiger partial charge < -0.3 is 0 Å². The van der Waals surface area contributed by atoms with E-state index in [9.17, 15) is 0 Å². The standard InChI is InChI=1S/C50H41N5/c1-31-15-23-37(24-16-31)35(5)51-47(38-25-17-32(2)18-26-38)52-36(6)45-41-11-7-9-13-43(41)46(44-14-10-8-12-42(44)45)50-54-48(39-27-19-33(3)20-28-39)53-49(55-50)40-29-21-34(4)22-30-40/h7-30H,6H2,1-5H3/b51-35+,52-47-. The van der Waals surface area contributed by atoms with E-state index in [1.165, 1.54) is 22.3 Å². The van der Waals surface area contributed by atoms with Crippen LogP contribution in [0.3, 0.4) is 0 Å². The zero-order valence-corrected chi connectivity index (χ0v) is 31.8. The molecular weight excluding hydrogens is 671 g/mol. The third-order valence-electron chi connectivity index (χ3n) is 9.99. The van der Waals surface area contributed by atoms with Crippen molar-refractivity contribution in [2.24, 2.45) is 9.98 Å². The average Bonchev–Trinajstić information content (AvgIpc) is 3.20. The van der Waals surface area contributed by atoms with E-state index in [0.717, 1.165) is 60.6 Å². The molecule has 1 aromatic heterocycles. The molecule has 0 amide bonds. The molecule has 5 nitrogen and oxygen atoms in total. The lowest BCUT2D eigenvalue weighted by Gasteiger charge is -2.17. The first kappa shape index (κ1) is 35.2. The first-order chi connectivity index (χ1) is 26.7. The van der Waals surface area contributed by atoms with E-state index in [1.54, 1.807) is 0 Å². The van der Waals surface area contributed by atoms with Crippen LogP contribution in [0.25, 0.3) is 61.4 Å². The van der Waals surface area contributed by atoms with Crippen LogP contribution in [0, 0.1) is 27.7 Å². The minimum absolute atomic E-state index is 0.600. The lowest BCUT2D eigenvalue weighted by Crippen LogP contribution is -2.05. The van der Waals surface area contributed by atoms with Crippen molar-refractivity contribution in [2.45, 2.75) is 34.6 Å². The maximum absolute atomic E-state index is 5.25. The first-order valence-corrected chi connectivity index (χ1v) is 18.5. The number of amidine groups is 1. The van der Waals surface area contributed by atoms with E-state index >= 15 is 0 Å². The van der Waals surface area contributed by atoms with Crippen molar-refractivity contribution in [1.82, 2.24) is 15.0 Å². The number of hydrogen-bond acceptors (Lipinski definition) is 4. The molecule has 7 aromatic carbocycles. The quantitative estimate of drug-likeness (QED) is 0.0939. The molecule has 0 bridgehead atoms. The molecule has 0 atom stereocenters. The topological polar surface area (TPSA) is 63.4 Å². The van der Waals surface area contributed by atoms with Gasteiger partial charge in [-0.1, -0.05) is 174 Å². The molecule has 0 aliphatic heterocycles. The molecule has 0 spiro atoms. The van der Waals surface area contributed by atoms with Gasteiger partial charge in [0.15, 0.2) is 23.3 Å². The molecule has 0 saturated carbocycles. The third kappa shape index (κ3) is 7.25. The number of hydrogen-bond donors (Lipinski definition) is 0. The van der Waals surface area contributed by atoms with Crippen molar-refractivity contribution in [3.63, 3.8) is 0 Å². The van der Waals surface area contributed by atoms with E-state index in [1.807, 2.05) is 6.92 Å². The number of aryl methyl sites for hydroxylation is 4. The van der Waals surface area contributed by atoms with E-state index < -0.39 is 0 Å². The summed E-state index contributed by atoms with van der Waals surface area (Å²) in [5, 5.41) is 4.00. The van der Waals surface area contributed by atoms with Crippen LogP contribution in [-0.2, 0) is 0 Å². The van der Waals surface area contributed by atoms with E-state index in [-0.39, 0.29) is 0 Å². The van der Waals surface area contributed by atoms with Crippen molar-refractivity contribution in [3.8, 4) is 34.2 Å². The fourth-order valence-electron chi connectivity index (χ4n) is 6.89. The molecule has 0 N–H and O–H groups in total. The lowest BCUT2D eigenvalue weighted by molar-refractivity contribution is 1.08. The predicted octanol–water partition coefficient (Wildman–Crippen LogP) is 12.3. The van der Waals surface area contributed by atoms with Gasteiger partial charge in [-0.25, -0.2) is 24.9 Å². The summed E-state index contributed by atoms with van der Waals surface area (Å²) < 4.78 is 0. The molecule has 1 heterocycles. The highest BCUT2D eigenvalue weighted by Crippen LogP contribution is 2.41. The van der Waals surface area contributed by atoms with Crippen LogP contribution in [0.1, 0.15) is 45.9 Å². The van der Waals surface area contributed by atoms with Crippen LogP contribution in [0.5, 0.6) is 0 Å². The maximum atomic E-state index is 5.25. The maximum Gasteiger partial charge on any atom is 0.165 e. The van der Waals surface area contributed by atoms with E-state index in [2.05, 4.69) is 180 Å². The molecule has 8 aromatic rings. The summed E-state index contributed by atoms with van der Waals surface area (Å²) in [5.74, 6) is 2.45. The largest absolute Gasteiger partial charge is 0.233 e. The van der Waals surface area contributed by atoms with Crippen molar-refractivity contribution in [1.29, 1.82) is 0 Å². The Kier molecular flexibility index (Phi) is 9.52. The summed E-state index contributed by atoms with van der Waals surface area (Å²) in [6.07, 6.45) is 0. The van der Waals surface area contributed by atoms with Crippen LogP contribution in [0.15, 0.2) is 162 Å². The summed E-state index contributed by atoms with van der Waals surface area (Å²) in [7, 11) is 0. The second-order valence-electron chi connectivity index (χ2n) is 14.2. The second-order valence-corrected chi connectivity index (χ2v) is 14.2. The zero-order valence-electron chi connectivity index (χ0n) is 31.8. The molecule has 5 heteroatoms. The number of nitrogens with zero attached hydrogens (tertiary/aromatic N) is 5. The van der Waals surface area contributed by atoms with E-state index in [0.29, 0.717) is 29.0 Å². The van der Waals surface area contributed by atoms with Crippen LogP contribution in [-0.4, -0.2) is 26.5 Å². The van der Waals surface area contributed by atoms with Gasteiger partial charge in [0.25, 0.3) is 0 Å². The molecule has 8 rings (SSSR count). The molecule has 55 heavy (non-hydrogen) atoms. The number of aromatic nitrogens is 3. The Labute approximate surface area is 322 Å². The predicted molar refractivity (Wildman–Crippen MR) is 231 cm³/mol. The lowest BCUT2D eigenvalue weighted by atomic mass is 9.90. The van der Waals surface area contributed by atoms with Gasteiger partial charge in [-0.05, 0) is 61.7 Å². The highest BCUT2D eigenvalue weighted by atomic mass is 15.0. The summed E-state index contributed by atoms with van der Waals surface area (Å²) in [5.41, 5.74) is 11.9. The van der Waals surface area contributed by atoms with Crippen LogP contribution >= 0.6 is 0 Å². The van der Waals surface area contributed by atoms with E-state index in [4.69, 9.17) is 24.9 Å². The monoisotopic (exact) mass is 711 g/mol. The van der Waals surface area contributed by atoms with Crippen molar-refractivity contribution < 1.29 is 0 Å². The van der Waals surface area contributed by atoms with Gasteiger partial charge >= 0.3 is 0 Å². The fraction of sp³-hybridized carbons (Fsp3) is 0.100. The number of rotatable bonds is 7. The van der Waals surface area contributed by atoms with Gasteiger partial charge in [-0.3, -0.25) is 0 Å². The third-order valence-corrected chi connectivity index (χ3v) is 9.99. The number of benzene rings is 7. The Balaban J connectivity index is 1.35. The molecule has 0 unspecified atom stereocenters. The normalized spacial score (nSPS) is 12.0. The summed E-state index contributed by atoms with van der Waals surface area (Å²) >= 11 is 0. The van der Waals surface area contributed by atoms with Gasteiger partial charge in [-0.15, -0.1) is 0 Å². The summed E-state index contributed by atoms with van der Waals surface area (Å²) in [6.45, 7) is 15.0. The Bertz CT molecular complexity index is 2650. The molecule has 266 valence electrons. The fourth-order valence-corrected chi connectivity index (χ4v) is 6.89. The minimum Gasteiger partial charge on any atom is -0.233 e. The number of aliphatic imine (C=N–C) groups is 2. The second kappa shape index (κ2) is 14.9. The Hall–Kier alpha value is -6.85. The van der Waals surface area contributed by atoms with Gasteiger partial charge in [-0.2, -0.15) is 0 Å². The Morgan fingerprint density at radius 2 is 0.818 bits per heavy atom. The van der Waals surface area contributed by atoms with Crippen molar-refractivity contribution in [3.05, 3.63) is 191 Å². The average molecular weight is 712 g/mol. The van der Waals surface area contributed by atoms with Crippen LogP contribution < -0.4 is 0 Å². The smallest absolute Gasteiger partial charge is 0.165 e. The van der Waals surface area contributed by atoms with Crippen molar-refractivity contribution >= 4 is 38.8 Å². The molecule has 0 radical (unpaired) electrons. The molecule has 0 saturated heterocycles. The summed E-state index contributed by atoms with van der Waals surface area (Å²) in [4.78, 5) is 25.8. The van der Waals surface area contributed by atoms with Gasteiger partial charge in [0.05, 0.1) is 5.70 Å². The molecule has 0 aliphatic carbocycles. The molecule has 0 aliphatic rings. The van der Waals surface area contributed by atoms with Crippen molar-refractivity contribution in [2.75, 3.05) is 0 Å². The first-order valence-electron chi connectivity index (χ1n) is 18.5. The van der Waals surface area contributed by atoms with Gasteiger partial charge in [0.1, 0.15) is 0 Å². The summed E-state index contributed by atoms with van der Waals surface area (Å²) in [6, 6.07) is 50.2. The molecule has 0 fully saturated rings. The highest BCUT2D eigenvalue weighted by Gasteiger charge is 2.21. The SMILES string of the molecule is C=C(/N=C(\N=C(/C)c1ccc(C)cc1)c1ccc(C)cc1)c1c2ccccc2c(-c2nc(-c3ccc(C)cc3)nc(-c3ccc(C)cc3)n2)c2ccccc12. The van der Waals surface area contributed by atoms with Crippen LogP contribution in [0.4, 0.5) is 0 Å². The minimum atomic E-state index is 0.600. The number of fused-ring (bicyclic) bond motifs is 2. The molecular formula is C50H41N5. The Morgan fingerprint density at radius 3 is 1.27 bits per heavy atom. The highest BCUT2D eigenvalue weighted by molar-refractivity contribution is 6.19. The van der Waals surface area contributed by atoms with Gasteiger partial charge in [0.2, 0.25) is 0 Å². The van der Waals surface area contributed by atoms with Crippen LogP contribution in [0.2, 0.25) is 0 Å². The Morgan fingerprint density at radius 1 is 0.436 bits per heavy atom. The zero-order chi connectivity index (χ0) is 38.1.